The third-order valence-corrected chi connectivity index (χ3v) is 5.35. The van der Waals surface area contributed by atoms with Crippen molar-refractivity contribution in [3.63, 3.8) is 0 Å². The monoisotopic (exact) mass is 421 g/mol. The zero-order chi connectivity index (χ0) is 22.0. The molecule has 6 nitrogen and oxygen atoms in total. The molecule has 0 saturated heterocycles. The van der Waals surface area contributed by atoms with Gasteiger partial charge in [-0.2, -0.15) is 0 Å². The molecule has 6 heteroatoms. The molecule has 1 amide bonds. The van der Waals surface area contributed by atoms with E-state index >= 15 is 0 Å². The van der Waals surface area contributed by atoms with E-state index in [0.29, 0.717) is 48.5 Å². The van der Waals surface area contributed by atoms with Crippen molar-refractivity contribution in [2.75, 3.05) is 19.8 Å². The van der Waals surface area contributed by atoms with Crippen LogP contribution in [0.25, 0.3) is 11.0 Å². The molecule has 1 aromatic heterocycles. The lowest BCUT2D eigenvalue weighted by Crippen LogP contribution is -2.31. The number of carbonyl (C=O) groups is 1. The van der Waals surface area contributed by atoms with Crippen molar-refractivity contribution in [3.8, 4) is 5.75 Å². The molecule has 3 aromatic rings. The van der Waals surface area contributed by atoms with Crippen LogP contribution >= 0.6 is 0 Å². The van der Waals surface area contributed by atoms with Crippen molar-refractivity contribution in [1.82, 2.24) is 4.90 Å². The molecule has 0 fully saturated rings. The highest BCUT2D eigenvalue weighted by Crippen LogP contribution is 2.39. The van der Waals surface area contributed by atoms with Crippen LogP contribution < -0.4 is 10.2 Å². The van der Waals surface area contributed by atoms with Crippen molar-refractivity contribution >= 4 is 16.9 Å². The molecule has 1 aliphatic rings. The summed E-state index contributed by atoms with van der Waals surface area (Å²) in [5.74, 6) is 0.559. The summed E-state index contributed by atoms with van der Waals surface area (Å²) >= 11 is 0. The Kier molecular flexibility index (Phi) is 6.09. The second kappa shape index (κ2) is 8.94. The lowest BCUT2D eigenvalue weighted by atomic mass is 9.98. The second-order valence-electron chi connectivity index (χ2n) is 7.85. The maximum Gasteiger partial charge on any atom is 0.290 e. The number of amides is 1. The van der Waals surface area contributed by atoms with Crippen molar-refractivity contribution in [3.05, 3.63) is 75.6 Å². The minimum atomic E-state index is -0.525. The molecular formula is C25H27NO5. The van der Waals surface area contributed by atoms with E-state index in [2.05, 4.69) is 0 Å². The van der Waals surface area contributed by atoms with Gasteiger partial charge >= 0.3 is 0 Å². The van der Waals surface area contributed by atoms with Crippen molar-refractivity contribution in [1.29, 1.82) is 0 Å². The third-order valence-electron chi connectivity index (χ3n) is 5.35. The van der Waals surface area contributed by atoms with Gasteiger partial charge in [0.25, 0.3) is 5.91 Å². The highest BCUT2D eigenvalue weighted by atomic mass is 16.5. The fourth-order valence-corrected chi connectivity index (χ4v) is 4.04. The van der Waals surface area contributed by atoms with Gasteiger partial charge in [0, 0.05) is 13.2 Å². The van der Waals surface area contributed by atoms with E-state index in [9.17, 15) is 9.59 Å². The predicted octanol–water partition coefficient (Wildman–Crippen LogP) is 4.55. The quantitative estimate of drug-likeness (QED) is 0.499. The van der Waals surface area contributed by atoms with Gasteiger partial charge in [0.1, 0.15) is 11.3 Å². The van der Waals surface area contributed by atoms with Gasteiger partial charge in [-0.3, -0.25) is 9.59 Å². The lowest BCUT2D eigenvalue weighted by molar-refractivity contribution is 0.0593. The maximum atomic E-state index is 13.4. The molecule has 0 aliphatic carbocycles. The Morgan fingerprint density at radius 1 is 1.10 bits per heavy atom. The number of hydrogen-bond donors (Lipinski definition) is 0. The van der Waals surface area contributed by atoms with E-state index in [1.54, 1.807) is 29.2 Å². The number of fused-ring (bicyclic) bond motifs is 2. The van der Waals surface area contributed by atoms with Crippen LogP contribution in [0.1, 0.15) is 54.9 Å². The van der Waals surface area contributed by atoms with E-state index in [-0.39, 0.29) is 23.2 Å². The van der Waals surface area contributed by atoms with Gasteiger partial charge in [-0.1, -0.05) is 24.3 Å². The summed E-state index contributed by atoms with van der Waals surface area (Å²) in [5.41, 5.74) is 1.47. The summed E-state index contributed by atoms with van der Waals surface area (Å²) in [4.78, 5) is 28.5. The van der Waals surface area contributed by atoms with Gasteiger partial charge in [0.2, 0.25) is 5.76 Å². The first-order chi connectivity index (χ1) is 15.0. The molecule has 162 valence electrons. The normalized spacial score (nSPS) is 15.7. The molecule has 1 aliphatic heterocycles. The Hall–Kier alpha value is -3.12. The zero-order valence-corrected chi connectivity index (χ0v) is 18.1. The molecule has 0 radical (unpaired) electrons. The van der Waals surface area contributed by atoms with Crippen LogP contribution in [-0.2, 0) is 4.74 Å². The third kappa shape index (κ3) is 4.08. The lowest BCUT2D eigenvalue weighted by Gasteiger charge is -2.25. The van der Waals surface area contributed by atoms with Crippen LogP contribution in [0.15, 0.2) is 57.7 Å². The summed E-state index contributed by atoms with van der Waals surface area (Å²) in [6.45, 7) is 7.40. The Balaban J connectivity index is 1.80. The van der Waals surface area contributed by atoms with E-state index in [1.165, 1.54) is 0 Å². The Morgan fingerprint density at radius 2 is 1.90 bits per heavy atom. The van der Waals surface area contributed by atoms with Crippen LogP contribution in [0.2, 0.25) is 0 Å². The molecule has 0 saturated carbocycles. The van der Waals surface area contributed by atoms with Crippen LogP contribution in [0.3, 0.4) is 0 Å². The average Bonchev–Trinajstić information content (AvgIpc) is 3.04. The molecule has 1 atom stereocenters. The average molecular weight is 421 g/mol. The summed E-state index contributed by atoms with van der Waals surface area (Å²) in [6.07, 6.45) is 0.784. The standard InChI is InChI=1S/C25H27NO5/c1-4-29-18-10-7-9-17(15-18)22-21-23(27)19-11-5-6-12-20(19)31-24(21)25(28)26(22)13-8-14-30-16(2)3/h5-7,9-12,15-16,22H,4,8,13-14H2,1-3H3. The summed E-state index contributed by atoms with van der Waals surface area (Å²) in [6, 6.07) is 14.1. The topological polar surface area (TPSA) is 69.0 Å². The van der Waals surface area contributed by atoms with Crippen molar-refractivity contribution in [2.24, 2.45) is 0 Å². The first-order valence-electron chi connectivity index (χ1n) is 10.7. The van der Waals surface area contributed by atoms with Crippen LogP contribution in [0.4, 0.5) is 0 Å². The SMILES string of the molecule is CCOc1cccc(C2c3c(oc4ccccc4c3=O)C(=O)N2CCCOC(C)C)c1. The smallest absolute Gasteiger partial charge is 0.290 e. The Bertz CT molecular complexity index is 1150. The second-order valence-corrected chi connectivity index (χ2v) is 7.85. The first kappa shape index (κ1) is 21.1. The Morgan fingerprint density at radius 3 is 2.68 bits per heavy atom. The van der Waals surface area contributed by atoms with Gasteiger partial charge < -0.3 is 18.8 Å². The van der Waals surface area contributed by atoms with Crippen molar-refractivity contribution < 1.29 is 18.7 Å². The highest BCUT2D eigenvalue weighted by molar-refractivity contribution is 5.99. The molecular weight excluding hydrogens is 394 g/mol. The zero-order valence-electron chi connectivity index (χ0n) is 18.1. The summed E-state index contributed by atoms with van der Waals surface area (Å²) in [5, 5.41) is 0.477. The number of carbonyl (C=O) groups excluding carboxylic acids is 1. The number of ether oxygens (including phenoxy) is 2. The van der Waals surface area contributed by atoms with Crippen LogP contribution in [0.5, 0.6) is 5.75 Å². The molecule has 4 rings (SSSR count). The number of rotatable bonds is 8. The Labute approximate surface area is 181 Å². The van der Waals surface area contributed by atoms with E-state index in [1.807, 2.05) is 45.0 Å². The molecule has 31 heavy (non-hydrogen) atoms. The largest absolute Gasteiger partial charge is 0.494 e. The molecule has 0 N–H and O–H groups in total. The number of benzene rings is 2. The van der Waals surface area contributed by atoms with Gasteiger partial charge in [-0.15, -0.1) is 0 Å². The molecule has 0 spiro atoms. The first-order valence-corrected chi connectivity index (χ1v) is 10.7. The number of nitrogens with zero attached hydrogens (tertiary/aromatic N) is 1. The van der Waals surface area contributed by atoms with E-state index in [4.69, 9.17) is 13.9 Å². The van der Waals surface area contributed by atoms with Gasteiger partial charge in [-0.25, -0.2) is 0 Å². The number of para-hydroxylation sites is 1. The maximum absolute atomic E-state index is 13.4. The summed E-state index contributed by atoms with van der Waals surface area (Å²) < 4.78 is 17.3. The predicted molar refractivity (Wildman–Crippen MR) is 119 cm³/mol. The summed E-state index contributed by atoms with van der Waals surface area (Å²) in [7, 11) is 0. The van der Waals surface area contributed by atoms with Gasteiger partial charge in [-0.05, 0) is 57.0 Å². The van der Waals surface area contributed by atoms with Crippen LogP contribution in [-0.4, -0.2) is 36.7 Å². The van der Waals surface area contributed by atoms with Crippen LogP contribution in [0, 0.1) is 0 Å². The van der Waals surface area contributed by atoms with Gasteiger partial charge in [0.05, 0.1) is 29.7 Å². The minimum Gasteiger partial charge on any atom is -0.494 e. The molecule has 0 bridgehead atoms. The molecule has 2 aromatic carbocycles. The highest BCUT2D eigenvalue weighted by Gasteiger charge is 2.42. The molecule has 1 unspecified atom stereocenters. The van der Waals surface area contributed by atoms with Gasteiger partial charge in [0.15, 0.2) is 5.43 Å². The number of hydrogen-bond acceptors (Lipinski definition) is 5. The van der Waals surface area contributed by atoms with E-state index in [0.717, 1.165) is 5.56 Å². The molecule has 2 heterocycles. The fourth-order valence-electron chi connectivity index (χ4n) is 4.04. The fraction of sp³-hybridized carbons (Fsp3) is 0.360. The van der Waals surface area contributed by atoms with E-state index < -0.39 is 6.04 Å². The minimum absolute atomic E-state index is 0.124. The van der Waals surface area contributed by atoms with Crippen molar-refractivity contribution in [2.45, 2.75) is 39.3 Å².